The third-order valence-corrected chi connectivity index (χ3v) is 2.87. The third-order valence-electron chi connectivity index (χ3n) is 2.87. The summed E-state index contributed by atoms with van der Waals surface area (Å²) in [6.45, 7) is 2.30. The molecule has 0 heterocycles. The van der Waals surface area contributed by atoms with E-state index < -0.39 is 5.82 Å². The van der Waals surface area contributed by atoms with Gasteiger partial charge in [0.1, 0.15) is 5.82 Å². The summed E-state index contributed by atoms with van der Waals surface area (Å²) >= 11 is 0. The number of rotatable bonds is 3. The Morgan fingerprint density at radius 1 is 1.16 bits per heavy atom. The van der Waals surface area contributed by atoms with E-state index in [0.717, 1.165) is 0 Å². The first-order valence-electron chi connectivity index (χ1n) is 6.05. The highest BCUT2D eigenvalue weighted by Crippen LogP contribution is 2.19. The number of hydrogen-bond acceptors (Lipinski definition) is 2. The molecule has 0 spiro atoms. The molecular weight excluding hydrogens is 243 g/mol. The molecule has 0 fully saturated rings. The lowest BCUT2D eigenvalue weighted by atomic mass is 10.1. The highest BCUT2D eigenvalue weighted by Gasteiger charge is 2.18. The van der Waals surface area contributed by atoms with Crippen LogP contribution in [0.4, 0.5) is 15.8 Å². The van der Waals surface area contributed by atoms with Crippen LogP contribution in [0.5, 0.6) is 0 Å². The first-order valence-corrected chi connectivity index (χ1v) is 6.05. The molecule has 0 aliphatic heterocycles. The molecule has 4 heteroatoms. The first kappa shape index (κ1) is 13.1. The predicted octanol–water partition coefficient (Wildman–Crippen LogP) is 3.07. The minimum Gasteiger partial charge on any atom is -0.399 e. The van der Waals surface area contributed by atoms with E-state index >= 15 is 0 Å². The van der Waals surface area contributed by atoms with Gasteiger partial charge in [-0.1, -0.05) is 12.1 Å². The van der Waals surface area contributed by atoms with Gasteiger partial charge in [-0.3, -0.25) is 4.79 Å². The van der Waals surface area contributed by atoms with Crippen molar-refractivity contribution in [2.24, 2.45) is 0 Å². The molecule has 2 N–H and O–H groups in total. The summed E-state index contributed by atoms with van der Waals surface area (Å²) in [6, 6.07) is 12.9. The fourth-order valence-electron chi connectivity index (χ4n) is 1.88. The van der Waals surface area contributed by atoms with E-state index in [4.69, 9.17) is 5.73 Å². The van der Waals surface area contributed by atoms with E-state index in [9.17, 15) is 9.18 Å². The van der Waals surface area contributed by atoms with Gasteiger partial charge >= 0.3 is 0 Å². The summed E-state index contributed by atoms with van der Waals surface area (Å²) in [6.07, 6.45) is 0. The van der Waals surface area contributed by atoms with Gasteiger partial charge in [-0.2, -0.15) is 0 Å². The Morgan fingerprint density at radius 2 is 1.79 bits per heavy atom. The summed E-state index contributed by atoms with van der Waals surface area (Å²) in [7, 11) is 0. The fourth-order valence-corrected chi connectivity index (χ4v) is 1.88. The van der Waals surface area contributed by atoms with Crippen LogP contribution in [-0.4, -0.2) is 12.5 Å². The predicted molar refractivity (Wildman–Crippen MR) is 74.6 cm³/mol. The average Bonchev–Trinajstić information content (AvgIpc) is 2.42. The number of hydrogen-bond donors (Lipinski definition) is 1. The Balaban J connectivity index is 2.35. The van der Waals surface area contributed by atoms with Crippen molar-refractivity contribution in [1.82, 2.24) is 0 Å². The SMILES string of the molecule is CCN(C(=O)c1ccccc1F)c1ccc(N)cc1. The van der Waals surface area contributed by atoms with Crippen LogP contribution in [0.2, 0.25) is 0 Å². The standard InChI is InChI=1S/C15H15FN2O/c1-2-18(12-9-7-11(17)8-10-12)15(19)13-5-3-4-6-14(13)16/h3-10H,2,17H2,1H3. The Morgan fingerprint density at radius 3 is 2.37 bits per heavy atom. The Bertz CT molecular complexity index is 581. The summed E-state index contributed by atoms with van der Waals surface area (Å²) in [5, 5.41) is 0. The monoisotopic (exact) mass is 258 g/mol. The van der Waals surface area contributed by atoms with Gasteiger partial charge in [0, 0.05) is 17.9 Å². The molecule has 1 amide bonds. The molecule has 0 saturated heterocycles. The van der Waals surface area contributed by atoms with E-state index in [1.54, 1.807) is 36.4 Å². The number of benzene rings is 2. The van der Waals surface area contributed by atoms with Crippen molar-refractivity contribution in [3.05, 3.63) is 59.9 Å². The van der Waals surface area contributed by atoms with Gasteiger partial charge in [0.05, 0.1) is 5.56 Å². The van der Waals surface area contributed by atoms with Crippen molar-refractivity contribution >= 4 is 17.3 Å². The summed E-state index contributed by atoms with van der Waals surface area (Å²) in [5.74, 6) is -0.869. The van der Waals surface area contributed by atoms with Crippen LogP contribution in [0, 0.1) is 5.82 Å². The number of nitrogen functional groups attached to an aromatic ring is 1. The Kier molecular flexibility index (Phi) is 3.80. The van der Waals surface area contributed by atoms with Crippen molar-refractivity contribution in [2.45, 2.75) is 6.92 Å². The number of nitrogens with two attached hydrogens (primary N) is 1. The average molecular weight is 258 g/mol. The van der Waals surface area contributed by atoms with Gasteiger partial charge in [-0.05, 0) is 43.3 Å². The maximum atomic E-state index is 13.6. The van der Waals surface area contributed by atoms with Crippen molar-refractivity contribution in [1.29, 1.82) is 0 Å². The molecule has 0 atom stereocenters. The Hall–Kier alpha value is -2.36. The van der Waals surface area contributed by atoms with Gasteiger partial charge < -0.3 is 10.6 Å². The van der Waals surface area contributed by atoms with E-state index in [0.29, 0.717) is 17.9 Å². The topological polar surface area (TPSA) is 46.3 Å². The molecule has 98 valence electrons. The van der Waals surface area contributed by atoms with Gasteiger partial charge in [0.15, 0.2) is 0 Å². The largest absolute Gasteiger partial charge is 0.399 e. The maximum absolute atomic E-state index is 13.6. The van der Waals surface area contributed by atoms with E-state index in [2.05, 4.69) is 0 Å². The first-order chi connectivity index (χ1) is 9.13. The number of amides is 1. The van der Waals surface area contributed by atoms with Gasteiger partial charge in [0.2, 0.25) is 0 Å². The number of carbonyl (C=O) groups is 1. The summed E-state index contributed by atoms with van der Waals surface area (Å²) in [4.78, 5) is 13.8. The molecular formula is C15H15FN2O. The lowest BCUT2D eigenvalue weighted by Crippen LogP contribution is -2.31. The number of anilines is 2. The number of nitrogens with zero attached hydrogens (tertiary/aromatic N) is 1. The molecule has 2 aromatic carbocycles. The van der Waals surface area contributed by atoms with Crippen molar-refractivity contribution in [3.63, 3.8) is 0 Å². The molecule has 0 saturated carbocycles. The zero-order chi connectivity index (χ0) is 13.8. The quantitative estimate of drug-likeness (QED) is 0.860. The fraction of sp³-hybridized carbons (Fsp3) is 0.133. The smallest absolute Gasteiger partial charge is 0.261 e. The normalized spacial score (nSPS) is 10.2. The second-order valence-electron chi connectivity index (χ2n) is 4.12. The second-order valence-corrected chi connectivity index (χ2v) is 4.12. The number of halogens is 1. The van der Waals surface area contributed by atoms with Crippen LogP contribution in [0.1, 0.15) is 17.3 Å². The minimum absolute atomic E-state index is 0.0705. The third kappa shape index (κ3) is 2.73. The molecule has 2 rings (SSSR count). The van der Waals surface area contributed by atoms with Crippen molar-refractivity contribution in [3.8, 4) is 0 Å². The van der Waals surface area contributed by atoms with Crippen molar-refractivity contribution < 1.29 is 9.18 Å². The van der Waals surface area contributed by atoms with Crippen LogP contribution in [-0.2, 0) is 0 Å². The zero-order valence-electron chi connectivity index (χ0n) is 10.6. The highest BCUT2D eigenvalue weighted by molar-refractivity contribution is 6.06. The lowest BCUT2D eigenvalue weighted by Gasteiger charge is -2.21. The molecule has 0 aliphatic rings. The zero-order valence-corrected chi connectivity index (χ0v) is 10.6. The Labute approximate surface area is 111 Å². The van der Waals surface area contributed by atoms with Crippen LogP contribution < -0.4 is 10.6 Å². The highest BCUT2D eigenvalue weighted by atomic mass is 19.1. The minimum atomic E-state index is -0.513. The maximum Gasteiger partial charge on any atom is 0.261 e. The van der Waals surface area contributed by atoms with E-state index in [1.165, 1.54) is 17.0 Å². The second kappa shape index (κ2) is 5.52. The molecule has 2 aromatic rings. The molecule has 3 nitrogen and oxygen atoms in total. The van der Waals surface area contributed by atoms with Crippen LogP contribution >= 0.6 is 0 Å². The van der Waals surface area contributed by atoms with Gasteiger partial charge in [-0.25, -0.2) is 4.39 Å². The molecule has 0 aliphatic carbocycles. The van der Waals surface area contributed by atoms with E-state index in [1.807, 2.05) is 6.92 Å². The summed E-state index contributed by atoms with van der Waals surface area (Å²) in [5.41, 5.74) is 7.01. The molecule has 0 unspecified atom stereocenters. The summed E-state index contributed by atoms with van der Waals surface area (Å²) < 4.78 is 13.6. The van der Waals surface area contributed by atoms with Crippen LogP contribution in [0.25, 0.3) is 0 Å². The van der Waals surface area contributed by atoms with Crippen molar-refractivity contribution in [2.75, 3.05) is 17.2 Å². The molecule has 0 aromatic heterocycles. The van der Waals surface area contributed by atoms with Crippen LogP contribution in [0.3, 0.4) is 0 Å². The van der Waals surface area contributed by atoms with E-state index in [-0.39, 0.29) is 11.5 Å². The molecule has 19 heavy (non-hydrogen) atoms. The van der Waals surface area contributed by atoms with Crippen LogP contribution in [0.15, 0.2) is 48.5 Å². The molecule has 0 radical (unpaired) electrons. The van der Waals surface area contributed by atoms with Gasteiger partial charge in [-0.15, -0.1) is 0 Å². The lowest BCUT2D eigenvalue weighted by molar-refractivity contribution is 0.0984. The molecule has 0 bridgehead atoms. The number of carbonyl (C=O) groups excluding carboxylic acids is 1. The van der Waals surface area contributed by atoms with Gasteiger partial charge in [0.25, 0.3) is 5.91 Å².